The fraction of sp³-hybridized carbons (Fsp3) is 0.643. The summed E-state index contributed by atoms with van der Waals surface area (Å²) in [5, 5.41) is 0. The summed E-state index contributed by atoms with van der Waals surface area (Å²) in [7, 11) is 0. The fourth-order valence-electron chi connectivity index (χ4n) is 3.72. The van der Waals surface area contributed by atoms with Gasteiger partial charge in [-0.2, -0.15) is 0 Å². The van der Waals surface area contributed by atoms with Crippen molar-refractivity contribution >= 4 is 5.69 Å². The van der Waals surface area contributed by atoms with Gasteiger partial charge in [0, 0.05) is 18.1 Å². The van der Waals surface area contributed by atoms with Gasteiger partial charge in [0.15, 0.2) is 0 Å². The maximum absolute atomic E-state index is 5.94. The molecule has 2 N–H and O–H groups in total. The van der Waals surface area contributed by atoms with E-state index in [4.69, 9.17) is 5.73 Å². The van der Waals surface area contributed by atoms with Crippen LogP contribution < -0.4 is 5.73 Å². The molecule has 1 aromatic rings. The van der Waals surface area contributed by atoms with Crippen molar-refractivity contribution in [2.24, 2.45) is 17.8 Å². The smallest absolute Gasteiger partial charge is 0.0377 e. The molecule has 16 heavy (non-hydrogen) atoms. The van der Waals surface area contributed by atoms with Gasteiger partial charge in [-0.3, -0.25) is 4.98 Å². The SMILES string of the molecule is Nc1ccncc1CCC1CC2CCC1C2. The van der Waals surface area contributed by atoms with Gasteiger partial charge in [0.2, 0.25) is 0 Å². The van der Waals surface area contributed by atoms with Crippen molar-refractivity contribution in [3.63, 3.8) is 0 Å². The Labute approximate surface area is 97.3 Å². The van der Waals surface area contributed by atoms with Crippen LogP contribution in [-0.4, -0.2) is 4.98 Å². The molecule has 0 spiro atoms. The van der Waals surface area contributed by atoms with Gasteiger partial charge in [0.1, 0.15) is 0 Å². The summed E-state index contributed by atoms with van der Waals surface area (Å²) in [6, 6.07) is 1.91. The number of nitrogens with two attached hydrogens (primary N) is 1. The molecule has 0 aromatic carbocycles. The van der Waals surface area contributed by atoms with Crippen molar-refractivity contribution in [3.8, 4) is 0 Å². The van der Waals surface area contributed by atoms with Gasteiger partial charge in [-0.05, 0) is 61.5 Å². The minimum Gasteiger partial charge on any atom is -0.398 e. The van der Waals surface area contributed by atoms with Gasteiger partial charge in [0.05, 0.1) is 0 Å². The van der Waals surface area contributed by atoms with E-state index in [1.165, 1.54) is 37.7 Å². The second-order valence-corrected chi connectivity index (χ2v) is 5.55. The molecule has 2 aliphatic carbocycles. The molecule has 1 aromatic heterocycles. The van der Waals surface area contributed by atoms with Crippen LogP contribution in [0.5, 0.6) is 0 Å². The number of aromatic nitrogens is 1. The van der Waals surface area contributed by atoms with Crippen molar-refractivity contribution in [1.82, 2.24) is 4.98 Å². The third-order valence-electron chi connectivity index (χ3n) is 4.61. The van der Waals surface area contributed by atoms with Gasteiger partial charge >= 0.3 is 0 Å². The molecule has 3 rings (SSSR count). The van der Waals surface area contributed by atoms with Crippen LogP contribution in [0.3, 0.4) is 0 Å². The van der Waals surface area contributed by atoms with Crippen molar-refractivity contribution in [2.75, 3.05) is 5.73 Å². The highest BCUT2D eigenvalue weighted by Crippen LogP contribution is 2.49. The van der Waals surface area contributed by atoms with E-state index in [1.807, 2.05) is 12.3 Å². The molecule has 3 unspecified atom stereocenters. The van der Waals surface area contributed by atoms with Gasteiger partial charge in [-0.25, -0.2) is 0 Å². The van der Waals surface area contributed by atoms with Crippen molar-refractivity contribution in [3.05, 3.63) is 24.0 Å². The molecule has 0 saturated heterocycles. The van der Waals surface area contributed by atoms with Crippen LogP contribution in [0.15, 0.2) is 18.5 Å². The lowest BCUT2D eigenvalue weighted by atomic mass is 9.85. The zero-order valence-corrected chi connectivity index (χ0v) is 9.73. The van der Waals surface area contributed by atoms with Crippen LogP contribution in [0.2, 0.25) is 0 Å². The molecule has 0 radical (unpaired) electrons. The quantitative estimate of drug-likeness (QED) is 0.843. The van der Waals surface area contributed by atoms with E-state index in [2.05, 4.69) is 4.98 Å². The van der Waals surface area contributed by atoms with Crippen LogP contribution in [-0.2, 0) is 6.42 Å². The molecule has 2 fully saturated rings. The summed E-state index contributed by atoms with van der Waals surface area (Å²) in [5.74, 6) is 3.06. The first kappa shape index (κ1) is 10.1. The van der Waals surface area contributed by atoms with E-state index in [9.17, 15) is 0 Å². The first-order valence-electron chi connectivity index (χ1n) is 6.51. The number of fused-ring (bicyclic) bond motifs is 2. The summed E-state index contributed by atoms with van der Waals surface area (Å²) in [6.07, 6.45) is 12.1. The molecule has 2 heteroatoms. The Balaban J connectivity index is 1.59. The molecule has 0 amide bonds. The second kappa shape index (κ2) is 4.08. The lowest BCUT2D eigenvalue weighted by Crippen LogP contribution is -2.11. The minimum absolute atomic E-state index is 0.915. The highest BCUT2D eigenvalue weighted by atomic mass is 14.7. The molecule has 0 aliphatic heterocycles. The van der Waals surface area contributed by atoms with Crippen molar-refractivity contribution < 1.29 is 0 Å². The predicted octanol–water partition coefficient (Wildman–Crippen LogP) is 3.03. The standard InChI is InChI=1S/C14H20N2/c15-14-5-6-16-9-13(14)4-3-12-8-10-1-2-11(12)7-10/h5-6,9-12H,1-4,7-8H2,(H2,15,16). The Morgan fingerprint density at radius 2 is 2.25 bits per heavy atom. The van der Waals surface area contributed by atoms with E-state index >= 15 is 0 Å². The third-order valence-corrected chi connectivity index (χ3v) is 4.61. The molecule has 3 atom stereocenters. The van der Waals surface area contributed by atoms with Crippen molar-refractivity contribution in [1.29, 1.82) is 0 Å². The number of hydrogen-bond acceptors (Lipinski definition) is 2. The maximum atomic E-state index is 5.94. The molecular weight excluding hydrogens is 196 g/mol. The van der Waals surface area contributed by atoms with E-state index in [0.29, 0.717) is 0 Å². The summed E-state index contributed by atoms with van der Waals surface area (Å²) in [4.78, 5) is 4.16. The van der Waals surface area contributed by atoms with E-state index in [1.54, 1.807) is 6.20 Å². The minimum atomic E-state index is 0.915. The molecule has 2 nitrogen and oxygen atoms in total. The zero-order chi connectivity index (χ0) is 11.0. The van der Waals surface area contributed by atoms with Crippen LogP contribution in [0.1, 0.15) is 37.7 Å². The Morgan fingerprint density at radius 3 is 2.94 bits per heavy atom. The summed E-state index contributed by atoms with van der Waals surface area (Å²) in [5.41, 5.74) is 8.10. The van der Waals surface area contributed by atoms with E-state index in [-0.39, 0.29) is 0 Å². The Kier molecular flexibility index (Phi) is 2.58. The summed E-state index contributed by atoms with van der Waals surface area (Å²) in [6.45, 7) is 0. The van der Waals surface area contributed by atoms with E-state index < -0.39 is 0 Å². The molecule has 2 bridgehead atoms. The molecule has 2 aliphatic rings. The zero-order valence-electron chi connectivity index (χ0n) is 9.73. The van der Waals surface area contributed by atoms with Crippen LogP contribution in [0, 0.1) is 17.8 Å². The summed E-state index contributed by atoms with van der Waals surface area (Å²) >= 11 is 0. The maximum Gasteiger partial charge on any atom is 0.0377 e. The predicted molar refractivity (Wildman–Crippen MR) is 65.9 cm³/mol. The highest BCUT2D eigenvalue weighted by molar-refractivity contribution is 5.44. The average Bonchev–Trinajstić information content (AvgIpc) is 2.90. The monoisotopic (exact) mass is 216 g/mol. The highest BCUT2D eigenvalue weighted by Gasteiger charge is 2.38. The lowest BCUT2D eigenvalue weighted by molar-refractivity contribution is 0.315. The van der Waals surface area contributed by atoms with Gasteiger partial charge in [0.25, 0.3) is 0 Å². The number of hydrogen-bond donors (Lipinski definition) is 1. The Bertz CT molecular complexity index is 375. The van der Waals surface area contributed by atoms with E-state index in [0.717, 1.165) is 29.9 Å². The van der Waals surface area contributed by atoms with Crippen molar-refractivity contribution in [2.45, 2.75) is 38.5 Å². The lowest BCUT2D eigenvalue weighted by Gasteiger charge is -2.21. The van der Waals surface area contributed by atoms with Crippen LogP contribution >= 0.6 is 0 Å². The number of anilines is 1. The number of rotatable bonds is 3. The fourth-order valence-corrected chi connectivity index (χ4v) is 3.72. The Morgan fingerprint density at radius 1 is 1.31 bits per heavy atom. The normalized spacial score (nSPS) is 32.1. The number of nitrogen functional groups attached to an aromatic ring is 1. The summed E-state index contributed by atoms with van der Waals surface area (Å²) < 4.78 is 0. The first-order chi connectivity index (χ1) is 7.83. The van der Waals surface area contributed by atoms with Gasteiger partial charge < -0.3 is 5.73 Å². The Hall–Kier alpha value is -1.05. The topological polar surface area (TPSA) is 38.9 Å². The third kappa shape index (κ3) is 1.81. The van der Waals surface area contributed by atoms with Gasteiger partial charge in [-0.1, -0.05) is 6.42 Å². The van der Waals surface area contributed by atoms with Gasteiger partial charge in [-0.15, -0.1) is 0 Å². The van der Waals surface area contributed by atoms with Crippen LogP contribution in [0.4, 0.5) is 5.69 Å². The number of nitrogens with zero attached hydrogens (tertiary/aromatic N) is 1. The second-order valence-electron chi connectivity index (χ2n) is 5.55. The average molecular weight is 216 g/mol. The largest absolute Gasteiger partial charge is 0.398 e. The number of aryl methyl sites for hydroxylation is 1. The molecule has 1 heterocycles. The first-order valence-corrected chi connectivity index (χ1v) is 6.51. The van der Waals surface area contributed by atoms with Crippen LogP contribution in [0.25, 0.3) is 0 Å². The molecule has 86 valence electrons. The molecular formula is C14H20N2. The number of pyridine rings is 1. The molecule has 2 saturated carbocycles.